The molecule has 2 heterocycles. The van der Waals surface area contributed by atoms with Crippen LogP contribution in [0.2, 0.25) is 5.02 Å². The molecule has 1 saturated carbocycles. The third kappa shape index (κ3) is 5.48. The number of imide groups is 1. The van der Waals surface area contributed by atoms with Gasteiger partial charge in [0.2, 0.25) is 17.6 Å². The molecule has 12 heteroatoms. The highest BCUT2D eigenvalue weighted by Gasteiger charge is 2.48. The van der Waals surface area contributed by atoms with Crippen molar-refractivity contribution < 1.29 is 28.8 Å². The Hall–Kier alpha value is -4.48. The summed E-state index contributed by atoms with van der Waals surface area (Å²) in [5.74, 6) is -2.26. The van der Waals surface area contributed by atoms with Crippen molar-refractivity contribution in [2.75, 3.05) is 11.5 Å². The number of carbonyl (C=O) groups is 4. The minimum Gasteiger partial charge on any atom is -0.454 e. The Kier molecular flexibility index (Phi) is 8.00. The second kappa shape index (κ2) is 11.9. The molecule has 1 aromatic heterocycles. The van der Waals surface area contributed by atoms with E-state index in [1.165, 1.54) is 17.0 Å². The van der Waals surface area contributed by atoms with Gasteiger partial charge in [0, 0.05) is 27.1 Å². The van der Waals surface area contributed by atoms with Gasteiger partial charge in [0.1, 0.15) is 5.02 Å². The van der Waals surface area contributed by atoms with E-state index in [2.05, 4.69) is 15.9 Å². The van der Waals surface area contributed by atoms with Crippen LogP contribution in [0.1, 0.15) is 46.4 Å². The van der Waals surface area contributed by atoms with Crippen molar-refractivity contribution in [2.24, 2.45) is 11.8 Å². The van der Waals surface area contributed by atoms with Gasteiger partial charge in [-0.05, 0) is 61.4 Å². The number of halogens is 2. The fourth-order valence-corrected chi connectivity index (χ4v) is 6.38. The second-order valence-corrected chi connectivity index (χ2v) is 12.0. The number of anilines is 1. The van der Waals surface area contributed by atoms with Crippen molar-refractivity contribution in [3.8, 4) is 11.3 Å². The predicted molar refractivity (Wildman–Crippen MR) is 166 cm³/mol. The predicted octanol–water partition coefficient (Wildman–Crippen LogP) is 6.95. The number of fused-ring (bicyclic) bond motifs is 2. The summed E-state index contributed by atoms with van der Waals surface area (Å²) in [5.41, 5.74) is 1.75. The molecule has 222 valence electrons. The Morgan fingerprint density at radius 1 is 0.977 bits per heavy atom. The first kappa shape index (κ1) is 29.6. The maximum atomic E-state index is 13.3. The van der Waals surface area contributed by atoms with Crippen molar-refractivity contribution in [1.29, 1.82) is 0 Å². The number of ketones is 1. The van der Waals surface area contributed by atoms with Crippen LogP contribution < -0.4 is 4.90 Å². The summed E-state index contributed by atoms with van der Waals surface area (Å²) in [4.78, 5) is 68.6. The van der Waals surface area contributed by atoms with E-state index in [0.717, 1.165) is 31.7 Å². The fourth-order valence-electron chi connectivity index (χ4n) is 5.83. The molecule has 2 aliphatic rings. The van der Waals surface area contributed by atoms with Gasteiger partial charge in [-0.15, -0.1) is 0 Å². The van der Waals surface area contributed by atoms with Gasteiger partial charge in [0.05, 0.1) is 39.2 Å². The zero-order valence-electron chi connectivity index (χ0n) is 23.0. The smallest absolute Gasteiger partial charge is 0.339 e. The Bertz CT molecular complexity index is 1850. The molecule has 2 amide bonds. The van der Waals surface area contributed by atoms with Crippen LogP contribution >= 0.6 is 27.5 Å². The molecule has 0 N–H and O–H groups in total. The minimum absolute atomic E-state index is 0.0220. The molecule has 1 aliphatic carbocycles. The first-order valence-electron chi connectivity index (χ1n) is 13.8. The lowest BCUT2D eigenvalue weighted by atomic mass is 9.81. The van der Waals surface area contributed by atoms with Crippen molar-refractivity contribution in [2.45, 2.75) is 25.7 Å². The topological polar surface area (TPSA) is 137 Å². The second-order valence-electron chi connectivity index (χ2n) is 10.7. The van der Waals surface area contributed by atoms with Gasteiger partial charge in [-0.2, -0.15) is 0 Å². The first-order chi connectivity index (χ1) is 21.1. The standard InChI is InChI=1S/C32H23BrClN3O7/c33-19-8-12-26-23(14-19)24(32(41)44-16-29(38)18-7-11-25(34)28(13-18)37(42)43)15-27(35-26)17-5-9-20(10-6-17)36-30(39)21-3-1-2-4-22(21)31(36)40/h5-15,21-22H,1-4,16H2. The van der Waals surface area contributed by atoms with Crippen LogP contribution in [-0.4, -0.2) is 40.1 Å². The van der Waals surface area contributed by atoms with Gasteiger partial charge in [-0.25, -0.2) is 9.78 Å². The highest BCUT2D eigenvalue weighted by atomic mass is 79.9. The van der Waals surface area contributed by atoms with E-state index in [0.29, 0.717) is 32.3 Å². The van der Waals surface area contributed by atoms with Gasteiger partial charge < -0.3 is 4.74 Å². The summed E-state index contributed by atoms with van der Waals surface area (Å²) in [6.07, 6.45) is 3.34. The Morgan fingerprint density at radius 3 is 2.32 bits per heavy atom. The van der Waals surface area contributed by atoms with E-state index in [1.807, 2.05) is 0 Å². The molecule has 0 radical (unpaired) electrons. The molecular weight excluding hydrogens is 654 g/mol. The van der Waals surface area contributed by atoms with E-state index in [1.54, 1.807) is 48.5 Å². The van der Waals surface area contributed by atoms with Crippen LogP contribution in [0.4, 0.5) is 11.4 Å². The molecule has 44 heavy (non-hydrogen) atoms. The lowest BCUT2D eigenvalue weighted by Crippen LogP contribution is -2.30. The normalized spacial score (nSPS) is 17.9. The van der Waals surface area contributed by atoms with Crippen LogP contribution in [0.3, 0.4) is 0 Å². The number of esters is 1. The van der Waals surface area contributed by atoms with E-state index in [4.69, 9.17) is 21.3 Å². The summed E-state index contributed by atoms with van der Waals surface area (Å²) < 4.78 is 6.05. The monoisotopic (exact) mass is 675 g/mol. The van der Waals surface area contributed by atoms with Crippen LogP contribution in [-0.2, 0) is 14.3 Å². The molecule has 3 aromatic carbocycles. The summed E-state index contributed by atoms with van der Waals surface area (Å²) in [6.45, 7) is -0.653. The van der Waals surface area contributed by atoms with Crippen LogP contribution in [0.15, 0.2) is 71.2 Å². The number of ether oxygens (including phenoxy) is 1. The fraction of sp³-hybridized carbons (Fsp3) is 0.219. The van der Waals surface area contributed by atoms with Gasteiger partial charge >= 0.3 is 5.97 Å². The highest BCUT2D eigenvalue weighted by Crippen LogP contribution is 2.40. The number of benzene rings is 3. The zero-order valence-corrected chi connectivity index (χ0v) is 25.3. The molecule has 4 aromatic rings. The van der Waals surface area contributed by atoms with Crippen LogP contribution in [0.5, 0.6) is 0 Å². The molecule has 2 fully saturated rings. The molecule has 0 spiro atoms. The van der Waals surface area contributed by atoms with E-state index in [-0.39, 0.29) is 39.8 Å². The molecular formula is C32H23BrClN3O7. The number of nitro benzene ring substituents is 1. The molecule has 1 saturated heterocycles. The molecule has 6 rings (SSSR count). The number of rotatable bonds is 7. The number of amides is 2. The SMILES string of the molecule is O=C(COC(=O)c1cc(-c2ccc(N3C(=O)C4CCCCC4C3=O)cc2)nc2ccc(Br)cc12)c1ccc(Cl)c([N+](=O)[O-])c1. The first-order valence-corrected chi connectivity index (χ1v) is 15.0. The Morgan fingerprint density at radius 2 is 1.66 bits per heavy atom. The number of aromatic nitrogens is 1. The summed E-state index contributed by atoms with van der Waals surface area (Å²) in [6, 6.07) is 17.2. The quantitative estimate of drug-likeness (QED) is 0.0675. The van der Waals surface area contributed by atoms with Crippen LogP contribution in [0.25, 0.3) is 22.2 Å². The maximum absolute atomic E-state index is 13.3. The van der Waals surface area contributed by atoms with E-state index >= 15 is 0 Å². The van der Waals surface area contributed by atoms with Crippen molar-refractivity contribution >= 4 is 73.4 Å². The number of nitro groups is 1. The van der Waals surface area contributed by atoms with E-state index in [9.17, 15) is 29.3 Å². The number of Topliss-reactive ketones (excluding diaryl/α,β-unsaturated/α-hetero) is 1. The number of hydrogen-bond acceptors (Lipinski definition) is 8. The van der Waals surface area contributed by atoms with Crippen molar-refractivity contribution in [3.05, 3.63) is 97.5 Å². The van der Waals surface area contributed by atoms with Gasteiger partial charge in [-0.1, -0.05) is 52.5 Å². The molecule has 10 nitrogen and oxygen atoms in total. The Labute approximate surface area is 264 Å². The Balaban J connectivity index is 1.27. The molecule has 2 unspecified atom stereocenters. The summed E-state index contributed by atoms with van der Waals surface area (Å²) in [5, 5.41) is 11.6. The lowest BCUT2D eigenvalue weighted by Gasteiger charge is -2.19. The zero-order chi connectivity index (χ0) is 31.1. The number of hydrogen-bond donors (Lipinski definition) is 0. The third-order valence-corrected chi connectivity index (χ3v) is 8.87. The maximum Gasteiger partial charge on any atom is 0.339 e. The number of pyridine rings is 1. The number of carbonyl (C=O) groups excluding carboxylic acids is 4. The highest BCUT2D eigenvalue weighted by molar-refractivity contribution is 9.10. The molecule has 2 atom stereocenters. The average molecular weight is 677 g/mol. The summed E-state index contributed by atoms with van der Waals surface area (Å²) >= 11 is 9.25. The van der Waals surface area contributed by atoms with Crippen molar-refractivity contribution in [1.82, 2.24) is 4.98 Å². The third-order valence-electron chi connectivity index (χ3n) is 8.05. The number of nitrogens with zero attached hydrogens (tertiary/aromatic N) is 3. The van der Waals surface area contributed by atoms with Gasteiger partial charge in [0.25, 0.3) is 5.69 Å². The lowest BCUT2D eigenvalue weighted by molar-refractivity contribution is -0.384. The summed E-state index contributed by atoms with van der Waals surface area (Å²) in [7, 11) is 0. The van der Waals surface area contributed by atoms with Gasteiger partial charge in [0.15, 0.2) is 6.61 Å². The largest absolute Gasteiger partial charge is 0.454 e. The average Bonchev–Trinajstić information content (AvgIpc) is 3.28. The molecule has 0 bridgehead atoms. The minimum atomic E-state index is -0.791. The van der Waals surface area contributed by atoms with Gasteiger partial charge in [-0.3, -0.25) is 29.4 Å². The van der Waals surface area contributed by atoms with Crippen molar-refractivity contribution in [3.63, 3.8) is 0 Å². The van der Waals surface area contributed by atoms with Crippen LogP contribution in [0, 0.1) is 22.0 Å². The van der Waals surface area contributed by atoms with E-state index < -0.39 is 29.0 Å². The molecule has 1 aliphatic heterocycles.